The molecule has 1 aromatic carbocycles. The minimum atomic E-state index is -1.03. The number of likely N-dealkylation sites (tertiary alicyclic amines) is 1. The molecule has 1 aliphatic rings. The molecule has 0 aromatic heterocycles. The highest BCUT2D eigenvalue weighted by atomic mass is 19.1. The number of rotatable bonds is 2. The third kappa shape index (κ3) is 2.74. The van der Waals surface area contributed by atoms with Gasteiger partial charge in [0.25, 0.3) is 5.91 Å². The Hall–Kier alpha value is -2.11. The summed E-state index contributed by atoms with van der Waals surface area (Å²) in [6.07, 6.45) is 2.80. The molecule has 108 valence electrons. The van der Waals surface area contributed by atoms with Gasteiger partial charge in [-0.05, 0) is 25.0 Å². The summed E-state index contributed by atoms with van der Waals surface area (Å²) < 4.78 is 13.4. The Bertz CT molecular complexity index is 533. The van der Waals surface area contributed by atoms with Crippen LogP contribution in [0.25, 0.3) is 0 Å². The van der Waals surface area contributed by atoms with E-state index in [0.29, 0.717) is 13.0 Å². The summed E-state index contributed by atoms with van der Waals surface area (Å²) in [5.74, 6) is -2.22. The maximum absolute atomic E-state index is 13.4. The minimum absolute atomic E-state index is 0.0261. The Balaban J connectivity index is 2.33. The second-order valence-corrected chi connectivity index (χ2v) is 4.90. The zero-order chi connectivity index (χ0) is 14.7. The van der Waals surface area contributed by atoms with Gasteiger partial charge in [0, 0.05) is 6.54 Å². The molecule has 2 rings (SSSR count). The monoisotopic (exact) mass is 280 g/mol. The number of carboxylic acids is 1. The number of nitrogens with two attached hydrogens (primary N) is 1. The minimum Gasteiger partial charge on any atom is -0.480 e. The van der Waals surface area contributed by atoms with Crippen LogP contribution in [0.2, 0.25) is 0 Å². The molecule has 1 amide bonds. The van der Waals surface area contributed by atoms with Gasteiger partial charge in [0.05, 0.1) is 11.3 Å². The number of nitrogens with zero attached hydrogens (tertiary/aromatic N) is 1. The van der Waals surface area contributed by atoms with Crippen molar-refractivity contribution in [2.45, 2.75) is 31.7 Å². The van der Waals surface area contributed by atoms with Gasteiger partial charge in [-0.25, -0.2) is 9.18 Å². The molecule has 1 aliphatic heterocycles. The van der Waals surface area contributed by atoms with Crippen LogP contribution < -0.4 is 5.73 Å². The van der Waals surface area contributed by atoms with E-state index in [1.54, 1.807) is 0 Å². The highest BCUT2D eigenvalue weighted by molar-refractivity contribution is 6.01. The second kappa shape index (κ2) is 5.90. The van der Waals surface area contributed by atoms with E-state index >= 15 is 0 Å². The van der Waals surface area contributed by atoms with Gasteiger partial charge in [-0.3, -0.25) is 4.79 Å². The molecule has 0 bridgehead atoms. The topological polar surface area (TPSA) is 83.6 Å². The average Bonchev–Trinajstić information content (AvgIpc) is 2.66. The van der Waals surface area contributed by atoms with Gasteiger partial charge in [0.15, 0.2) is 0 Å². The van der Waals surface area contributed by atoms with Gasteiger partial charge in [-0.15, -0.1) is 0 Å². The smallest absolute Gasteiger partial charge is 0.326 e. The van der Waals surface area contributed by atoms with Gasteiger partial charge >= 0.3 is 5.97 Å². The van der Waals surface area contributed by atoms with Crippen molar-refractivity contribution >= 4 is 17.6 Å². The molecule has 20 heavy (non-hydrogen) atoms. The van der Waals surface area contributed by atoms with Crippen LogP contribution in [-0.4, -0.2) is 34.5 Å². The number of hydrogen-bond donors (Lipinski definition) is 2. The van der Waals surface area contributed by atoms with Crippen LogP contribution in [0.4, 0.5) is 10.1 Å². The third-order valence-corrected chi connectivity index (χ3v) is 3.58. The van der Waals surface area contributed by atoms with Crippen LogP contribution in [0.5, 0.6) is 0 Å². The van der Waals surface area contributed by atoms with Crippen LogP contribution in [0.1, 0.15) is 36.0 Å². The lowest BCUT2D eigenvalue weighted by molar-refractivity contribution is -0.142. The Morgan fingerprint density at radius 2 is 2.05 bits per heavy atom. The predicted octanol–water partition coefficient (Wildman–Crippen LogP) is 1.88. The Morgan fingerprint density at radius 3 is 2.75 bits per heavy atom. The molecule has 0 spiro atoms. The molecule has 0 aliphatic carbocycles. The van der Waals surface area contributed by atoms with Crippen LogP contribution in [-0.2, 0) is 4.79 Å². The Kier molecular flexibility index (Phi) is 4.22. The van der Waals surface area contributed by atoms with Crippen molar-refractivity contribution in [1.29, 1.82) is 0 Å². The van der Waals surface area contributed by atoms with Crippen LogP contribution in [0.3, 0.4) is 0 Å². The van der Waals surface area contributed by atoms with Gasteiger partial charge < -0.3 is 15.7 Å². The van der Waals surface area contributed by atoms with Gasteiger partial charge in [0.1, 0.15) is 11.9 Å². The average molecular weight is 280 g/mol. The molecular weight excluding hydrogens is 263 g/mol. The first-order chi connectivity index (χ1) is 9.52. The third-order valence-electron chi connectivity index (χ3n) is 3.58. The van der Waals surface area contributed by atoms with Crippen molar-refractivity contribution in [2.24, 2.45) is 0 Å². The molecule has 0 radical (unpaired) electrons. The second-order valence-electron chi connectivity index (χ2n) is 4.90. The Labute approximate surface area is 116 Å². The molecule has 1 unspecified atom stereocenters. The lowest BCUT2D eigenvalue weighted by Gasteiger charge is -2.27. The number of benzene rings is 1. The summed E-state index contributed by atoms with van der Waals surface area (Å²) in [7, 11) is 0. The van der Waals surface area contributed by atoms with Crippen molar-refractivity contribution in [3.8, 4) is 0 Å². The molecule has 5 nitrogen and oxygen atoms in total. The zero-order valence-electron chi connectivity index (χ0n) is 11.0. The molecular formula is C14H17FN2O3. The molecule has 1 fully saturated rings. The molecule has 0 saturated carbocycles. The van der Waals surface area contributed by atoms with Gasteiger partial charge in [0.2, 0.25) is 0 Å². The van der Waals surface area contributed by atoms with Crippen molar-refractivity contribution in [3.63, 3.8) is 0 Å². The van der Waals surface area contributed by atoms with E-state index in [1.807, 2.05) is 0 Å². The van der Waals surface area contributed by atoms with E-state index in [0.717, 1.165) is 19.3 Å². The van der Waals surface area contributed by atoms with Crippen LogP contribution in [0.15, 0.2) is 18.2 Å². The van der Waals surface area contributed by atoms with Crippen molar-refractivity contribution in [3.05, 3.63) is 29.6 Å². The molecule has 1 saturated heterocycles. The quantitative estimate of drug-likeness (QED) is 0.810. The number of para-hydroxylation sites is 1. The first-order valence-corrected chi connectivity index (χ1v) is 6.60. The SMILES string of the molecule is Nc1c(F)cccc1C(=O)N1CCCCCC1C(=O)O. The molecule has 1 atom stereocenters. The number of aliphatic carboxylic acids is 1. The normalized spacial score (nSPS) is 19.4. The number of carboxylic acid groups (broad SMARTS) is 1. The maximum atomic E-state index is 13.4. The van der Waals surface area contributed by atoms with E-state index < -0.39 is 23.7 Å². The zero-order valence-corrected chi connectivity index (χ0v) is 11.0. The fourth-order valence-corrected chi connectivity index (χ4v) is 2.49. The standard InChI is InChI=1S/C14H17FN2O3/c15-10-6-4-5-9(12(10)16)13(18)17-8-3-1-2-7-11(17)14(19)20/h4-6,11H,1-3,7-8,16H2,(H,19,20). The number of carbonyl (C=O) groups excluding carboxylic acids is 1. The number of amides is 1. The first kappa shape index (κ1) is 14.3. The number of nitrogen functional groups attached to an aromatic ring is 1. The number of anilines is 1. The largest absolute Gasteiger partial charge is 0.480 e. The summed E-state index contributed by atoms with van der Waals surface area (Å²) >= 11 is 0. The van der Waals surface area contributed by atoms with Gasteiger partial charge in [-0.2, -0.15) is 0 Å². The molecule has 6 heteroatoms. The molecule has 1 aromatic rings. The van der Waals surface area contributed by atoms with Crippen molar-refractivity contribution in [2.75, 3.05) is 12.3 Å². The fraction of sp³-hybridized carbons (Fsp3) is 0.429. The molecule has 1 heterocycles. The summed E-state index contributed by atoms with van der Waals surface area (Å²) in [5, 5.41) is 9.25. The fourth-order valence-electron chi connectivity index (χ4n) is 2.49. The van der Waals surface area contributed by atoms with Crippen molar-refractivity contribution < 1.29 is 19.1 Å². The predicted molar refractivity (Wildman–Crippen MR) is 71.7 cm³/mol. The summed E-state index contributed by atoms with van der Waals surface area (Å²) in [5.41, 5.74) is 5.38. The lowest BCUT2D eigenvalue weighted by Crippen LogP contribution is -2.44. The number of halogens is 1. The van der Waals surface area contributed by atoms with Crippen LogP contribution in [0, 0.1) is 5.82 Å². The number of carbonyl (C=O) groups is 2. The van der Waals surface area contributed by atoms with E-state index in [1.165, 1.54) is 23.1 Å². The first-order valence-electron chi connectivity index (χ1n) is 6.60. The Morgan fingerprint density at radius 1 is 1.30 bits per heavy atom. The van der Waals surface area contributed by atoms with E-state index in [-0.39, 0.29) is 11.3 Å². The van der Waals surface area contributed by atoms with E-state index in [9.17, 15) is 19.1 Å². The maximum Gasteiger partial charge on any atom is 0.326 e. The number of hydrogen-bond acceptors (Lipinski definition) is 3. The summed E-state index contributed by atoms with van der Waals surface area (Å²) in [6, 6.07) is 3.12. The van der Waals surface area contributed by atoms with Crippen LogP contribution >= 0.6 is 0 Å². The van der Waals surface area contributed by atoms with Gasteiger partial charge in [-0.1, -0.05) is 18.9 Å². The highest BCUT2D eigenvalue weighted by Gasteiger charge is 2.32. The summed E-state index contributed by atoms with van der Waals surface area (Å²) in [4.78, 5) is 25.1. The van der Waals surface area contributed by atoms with Crippen molar-refractivity contribution in [1.82, 2.24) is 4.90 Å². The lowest BCUT2D eigenvalue weighted by atomic mass is 10.1. The van der Waals surface area contributed by atoms with E-state index in [4.69, 9.17) is 5.73 Å². The summed E-state index contributed by atoms with van der Waals surface area (Å²) in [6.45, 7) is 0.353. The molecule has 3 N–H and O–H groups in total. The van der Waals surface area contributed by atoms with E-state index in [2.05, 4.69) is 0 Å². The highest BCUT2D eigenvalue weighted by Crippen LogP contribution is 2.23.